The lowest BCUT2D eigenvalue weighted by atomic mass is 10.2. The minimum absolute atomic E-state index is 0.0700. The predicted octanol–water partition coefficient (Wildman–Crippen LogP) is -0.557. The normalized spacial score (nSPS) is 24.9. The summed E-state index contributed by atoms with van der Waals surface area (Å²) < 4.78 is 0. The van der Waals surface area contributed by atoms with Crippen molar-refractivity contribution in [3.63, 3.8) is 0 Å². The Morgan fingerprint density at radius 2 is 2.08 bits per heavy atom. The van der Waals surface area contributed by atoms with E-state index in [0.717, 1.165) is 5.84 Å². The number of nitrogens with one attached hydrogen (secondary N) is 1. The van der Waals surface area contributed by atoms with Gasteiger partial charge in [-0.3, -0.25) is 20.2 Å². The van der Waals surface area contributed by atoms with E-state index >= 15 is 0 Å². The molecule has 0 bridgehead atoms. The molecule has 1 rings (SSSR count). The van der Waals surface area contributed by atoms with Crippen molar-refractivity contribution in [3.05, 3.63) is 0 Å². The number of hydrogen-bond acceptors (Lipinski definition) is 3. The number of carbonyl (C=O) groups excluding carboxylic acids is 2. The molecule has 1 N–H and O–H groups in total. The van der Waals surface area contributed by atoms with Crippen molar-refractivity contribution < 1.29 is 9.59 Å². The lowest BCUT2D eigenvalue weighted by molar-refractivity contribution is -0.130. The number of amides is 1. The average Bonchev–Trinajstić information content (AvgIpc) is 2.36. The number of carbonyl (C=O) groups is 2. The lowest BCUT2D eigenvalue weighted by Gasteiger charge is -2.05. The molecule has 0 aliphatic carbocycles. The largest absolute Gasteiger partial charge is 0.307 e. The SMILES string of the molecule is C=O.CN=C1NN(C)C(=O)C1C. The Morgan fingerprint density at radius 3 is 2.25 bits per heavy atom. The molecule has 1 atom stereocenters. The zero-order valence-electron chi connectivity index (χ0n) is 7.50. The standard InChI is InChI=1S/C6H11N3O.CH2O/c1-4-5(7-2)8-9(3)6(4)10;1-2/h4H,1-3H3,(H,7,8);1H2. The molecule has 1 heterocycles. The van der Waals surface area contributed by atoms with Crippen molar-refractivity contribution in [2.24, 2.45) is 10.9 Å². The van der Waals surface area contributed by atoms with E-state index in [1.807, 2.05) is 13.7 Å². The Balaban J connectivity index is 0.000000561. The van der Waals surface area contributed by atoms with E-state index in [9.17, 15) is 4.79 Å². The van der Waals surface area contributed by atoms with Crippen LogP contribution in [0.5, 0.6) is 0 Å². The van der Waals surface area contributed by atoms with Crippen LogP contribution in [0.25, 0.3) is 0 Å². The number of amidine groups is 1. The first kappa shape index (κ1) is 10.6. The molecule has 0 spiro atoms. The molecule has 1 fully saturated rings. The van der Waals surface area contributed by atoms with E-state index in [1.54, 1.807) is 14.1 Å². The fourth-order valence-corrected chi connectivity index (χ4v) is 0.975. The fraction of sp³-hybridized carbons (Fsp3) is 0.571. The molecule has 5 nitrogen and oxygen atoms in total. The highest BCUT2D eigenvalue weighted by atomic mass is 16.2. The molecule has 68 valence electrons. The maximum atomic E-state index is 11.1. The average molecular weight is 171 g/mol. The molecule has 1 aliphatic rings. The summed E-state index contributed by atoms with van der Waals surface area (Å²) in [5.41, 5.74) is 2.84. The fourth-order valence-electron chi connectivity index (χ4n) is 0.975. The van der Waals surface area contributed by atoms with E-state index < -0.39 is 0 Å². The van der Waals surface area contributed by atoms with Gasteiger partial charge in [0.1, 0.15) is 12.6 Å². The Hall–Kier alpha value is -1.39. The summed E-state index contributed by atoms with van der Waals surface area (Å²) in [6, 6.07) is 0. The van der Waals surface area contributed by atoms with Gasteiger partial charge in [0.2, 0.25) is 0 Å². The van der Waals surface area contributed by atoms with Gasteiger partial charge in [-0.15, -0.1) is 0 Å². The topological polar surface area (TPSA) is 61.8 Å². The molecular weight excluding hydrogens is 158 g/mol. The van der Waals surface area contributed by atoms with Crippen LogP contribution in [0.1, 0.15) is 6.92 Å². The monoisotopic (exact) mass is 171 g/mol. The van der Waals surface area contributed by atoms with Crippen molar-refractivity contribution >= 4 is 18.5 Å². The van der Waals surface area contributed by atoms with Crippen LogP contribution in [0.15, 0.2) is 4.99 Å². The first-order chi connectivity index (χ1) is 5.66. The molecule has 0 radical (unpaired) electrons. The van der Waals surface area contributed by atoms with Crippen LogP contribution in [0, 0.1) is 5.92 Å². The van der Waals surface area contributed by atoms with Crippen LogP contribution in [0.3, 0.4) is 0 Å². The van der Waals surface area contributed by atoms with Gasteiger partial charge in [-0.1, -0.05) is 0 Å². The van der Waals surface area contributed by atoms with Gasteiger partial charge in [-0.2, -0.15) is 0 Å². The van der Waals surface area contributed by atoms with Gasteiger partial charge in [-0.05, 0) is 6.92 Å². The molecule has 0 aromatic carbocycles. The van der Waals surface area contributed by atoms with Crippen LogP contribution in [-0.2, 0) is 9.59 Å². The molecule has 0 saturated carbocycles. The van der Waals surface area contributed by atoms with Gasteiger partial charge in [0.25, 0.3) is 5.91 Å². The van der Waals surface area contributed by atoms with Crippen LogP contribution >= 0.6 is 0 Å². The third-order valence-corrected chi connectivity index (χ3v) is 1.63. The highest BCUT2D eigenvalue weighted by Gasteiger charge is 2.30. The van der Waals surface area contributed by atoms with Crippen LogP contribution in [-0.4, -0.2) is 37.6 Å². The quantitative estimate of drug-likeness (QED) is 0.531. The van der Waals surface area contributed by atoms with Gasteiger partial charge in [0, 0.05) is 14.1 Å². The lowest BCUT2D eigenvalue weighted by Crippen LogP contribution is -2.31. The maximum Gasteiger partial charge on any atom is 0.251 e. The minimum Gasteiger partial charge on any atom is -0.307 e. The first-order valence-electron chi connectivity index (χ1n) is 3.46. The molecule has 0 aromatic rings. The first-order valence-corrected chi connectivity index (χ1v) is 3.46. The Morgan fingerprint density at radius 1 is 1.58 bits per heavy atom. The van der Waals surface area contributed by atoms with E-state index in [-0.39, 0.29) is 11.8 Å². The highest BCUT2D eigenvalue weighted by Crippen LogP contribution is 2.07. The van der Waals surface area contributed by atoms with Crippen molar-refractivity contribution in [2.45, 2.75) is 6.92 Å². The number of rotatable bonds is 0. The zero-order chi connectivity index (χ0) is 9.72. The number of aliphatic imine (C=N–C) groups is 1. The summed E-state index contributed by atoms with van der Waals surface area (Å²) in [6.07, 6.45) is 0. The Labute approximate surface area is 71.4 Å². The van der Waals surface area contributed by atoms with E-state index in [4.69, 9.17) is 4.79 Å². The Bertz CT molecular complexity index is 203. The molecular formula is C7H13N3O2. The second-order valence-corrected chi connectivity index (χ2v) is 2.34. The van der Waals surface area contributed by atoms with Gasteiger partial charge in [0.05, 0.1) is 5.92 Å². The zero-order valence-corrected chi connectivity index (χ0v) is 7.50. The molecule has 1 amide bonds. The predicted molar refractivity (Wildman–Crippen MR) is 45.5 cm³/mol. The molecule has 0 aromatic heterocycles. The third kappa shape index (κ3) is 1.81. The summed E-state index contributed by atoms with van der Waals surface area (Å²) in [4.78, 5) is 23.0. The number of hydrogen-bond donors (Lipinski definition) is 1. The summed E-state index contributed by atoms with van der Waals surface area (Å²) >= 11 is 0. The maximum absolute atomic E-state index is 11.1. The van der Waals surface area contributed by atoms with E-state index in [1.165, 1.54) is 5.01 Å². The second kappa shape index (κ2) is 4.48. The second-order valence-electron chi connectivity index (χ2n) is 2.34. The van der Waals surface area contributed by atoms with Crippen molar-refractivity contribution in [3.8, 4) is 0 Å². The smallest absolute Gasteiger partial charge is 0.251 e. The minimum atomic E-state index is -0.102. The molecule has 5 heteroatoms. The van der Waals surface area contributed by atoms with Gasteiger partial charge >= 0.3 is 0 Å². The molecule has 1 unspecified atom stereocenters. The Kier molecular flexibility index (Phi) is 3.96. The van der Waals surface area contributed by atoms with Gasteiger partial charge in [0.15, 0.2) is 0 Å². The number of hydrazine groups is 1. The summed E-state index contributed by atoms with van der Waals surface area (Å²) in [5.74, 6) is 0.711. The number of nitrogens with zero attached hydrogens (tertiary/aromatic N) is 2. The van der Waals surface area contributed by atoms with Gasteiger partial charge < -0.3 is 4.79 Å². The van der Waals surface area contributed by atoms with Crippen molar-refractivity contribution in [1.29, 1.82) is 0 Å². The highest BCUT2D eigenvalue weighted by molar-refractivity contribution is 6.07. The third-order valence-electron chi connectivity index (χ3n) is 1.63. The molecule has 1 saturated heterocycles. The van der Waals surface area contributed by atoms with E-state index in [2.05, 4.69) is 10.4 Å². The summed E-state index contributed by atoms with van der Waals surface area (Å²) in [5, 5.41) is 1.45. The molecule has 12 heavy (non-hydrogen) atoms. The van der Waals surface area contributed by atoms with Crippen LogP contribution in [0.2, 0.25) is 0 Å². The molecule has 1 aliphatic heterocycles. The van der Waals surface area contributed by atoms with Crippen molar-refractivity contribution in [1.82, 2.24) is 10.4 Å². The summed E-state index contributed by atoms with van der Waals surface area (Å²) in [6.45, 7) is 3.83. The summed E-state index contributed by atoms with van der Waals surface area (Å²) in [7, 11) is 3.36. The van der Waals surface area contributed by atoms with Crippen LogP contribution in [0.4, 0.5) is 0 Å². The van der Waals surface area contributed by atoms with Gasteiger partial charge in [-0.25, -0.2) is 0 Å². The van der Waals surface area contributed by atoms with Crippen LogP contribution < -0.4 is 5.43 Å². The van der Waals surface area contributed by atoms with E-state index in [0.29, 0.717) is 0 Å². The van der Waals surface area contributed by atoms with Crippen molar-refractivity contribution in [2.75, 3.05) is 14.1 Å².